The van der Waals surface area contributed by atoms with Gasteiger partial charge in [-0.05, 0) is 25.0 Å². The molecule has 3 rings (SSSR count). The lowest BCUT2D eigenvalue weighted by molar-refractivity contribution is -0.121. The van der Waals surface area contributed by atoms with Crippen LogP contribution in [0.3, 0.4) is 0 Å². The lowest BCUT2D eigenvalue weighted by Crippen LogP contribution is -2.49. The number of hydrogen-bond acceptors (Lipinski definition) is 3. The van der Waals surface area contributed by atoms with E-state index >= 15 is 0 Å². The Bertz CT molecular complexity index is 840. The minimum atomic E-state index is -2.91. The molecule has 2 N–H and O–H groups in total. The van der Waals surface area contributed by atoms with Crippen molar-refractivity contribution in [3.05, 3.63) is 35.0 Å². The van der Waals surface area contributed by atoms with Gasteiger partial charge < -0.3 is 19.7 Å². The highest BCUT2D eigenvalue weighted by molar-refractivity contribution is 6.36. The fourth-order valence-corrected chi connectivity index (χ4v) is 3.95. The molecule has 1 heterocycles. The summed E-state index contributed by atoms with van der Waals surface area (Å²) < 4.78 is 34.2. The monoisotopic (exact) mass is 400 g/mol. The molecule has 27 heavy (non-hydrogen) atoms. The number of aliphatic hydroxyl groups is 1. The van der Waals surface area contributed by atoms with Crippen LogP contribution >= 0.6 is 11.6 Å². The number of rotatable bonds is 6. The van der Waals surface area contributed by atoms with Gasteiger partial charge in [-0.15, -0.1) is 0 Å². The topological polar surface area (TPSA) is 63.5 Å². The van der Waals surface area contributed by atoms with Gasteiger partial charge in [0.15, 0.2) is 0 Å². The third-order valence-electron chi connectivity index (χ3n) is 4.99. The van der Waals surface area contributed by atoms with Crippen molar-refractivity contribution in [2.45, 2.75) is 43.8 Å². The van der Waals surface area contributed by atoms with Crippen molar-refractivity contribution in [2.75, 3.05) is 20.3 Å². The van der Waals surface area contributed by atoms with E-state index in [1.807, 2.05) is 10.6 Å². The summed E-state index contributed by atoms with van der Waals surface area (Å²) in [6, 6.07) is 5.34. The molecule has 1 saturated carbocycles. The molecule has 0 aliphatic heterocycles. The number of nitrogens with one attached hydrogen (secondary N) is 1. The maximum absolute atomic E-state index is 13.6. The van der Waals surface area contributed by atoms with Crippen LogP contribution in [0.2, 0.25) is 5.02 Å². The Morgan fingerprint density at radius 2 is 2.19 bits per heavy atom. The zero-order valence-electron chi connectivity index (χ0n) is 15.1. The van der Waals surface area contributed by atoms with Crippen molar-refractivity contribution < 1.29 is 23.4 Å². The first kappa shape index (κ1) is 20.0. The standard InChI is InChI=1S/C19H23ClF2N2O3/c1-27-9-8-24-10-13(16-14(20)4-2-5-15(16)24)17(25)23-12-18(26)6-3-7-19(21,22)11-18/h2,4-5,10,26H,3,6-9,11-12H2,1H3,(H,23,25). The number of carbonyl (C=O) groups excluding carboxylic acids is 1. The molecular formula is C19H23ClF2N2O3. The first-order chi connectivity index (χ1) is 12.7. The highest BCUT2D eigenvalue weighted by atomic mass is 35.5. The van der Waals surface area contributed by atoms with Gasteiger partial charge in [-0.3, -0.25) is 4.79 Å². The smallest absolute Gasteiger partial charge is 0.253 e. The van der Waals surface area contributed by atoms with E-state index in [4.69, 9.17) is 16.3 Å². The molecule has 5 nitrogen and oxygen atoms in total. The summed E-state index contributed by atoms with van der Waals surface area (Å²) in [5.41, 5.74) is -0.471. The number of methoxy groups -OCH3 is 1. The predicted molar refractivity (Wildman–Crippen MR) is 99.5 cm³/mol. The highest BCUT2D eigenvalue weighted by Gasteiger charge is 2.44. The van der Waals surface area contributed by atoms with E-state index in [9.17, 15) is 18.7 Å². The van der Waals surface area contributed by atoms with Gasteiger partial charge in [-0.25, -0.2) is 8.78 Å². The fraction of sp³-hybridized carbons (Fsp3) is 0.526. The second-order valence-corrected chi connectivity index (χ2v) is 7.56. The summed E-state index contributed by atoms with van der Waals surface area (Å²) in [6.07, 6.45) is 1.26. The molecule has 1 aromatic carbocycles. The van der Waals surface area contributed by atoms with Gasteiger partial charge in [0.25, 0.3) is 11.8 Å². The van der Waals surface area contributed by atoms with Crippen LogP contribution in [0, 0.1) is 0 Å². The number of aromatic nitrogens is 1. The minimum Gasteiger partial charge on any atom is -0.388 e. The zero-order chi connectivity index (χ0) is 19.7. The Labute approximate surface area is 161 Å². The van der Waals surface area contributed by atoms with Crippen molar-refractivity contribution in [2.24, 2.45) is 0 Å². The molecule has 1 aliphatic carbocycles. The van der Waals surface area contributed by atoms with Crippen LogP contribution in [0.25, 0.3) is 10.9 Å². The number of ether oxygens (including phenoxy) is 1. The Hall–Kier alpha value is -1.70. The average Bonchev–Trinajstić information content (AvgIpc) is 2.97. The van der Waals surface area contributed by atoms with E-state index in [1.165, 1.54) is 0 Å². The van der Waals surface area contributed by atoms with Crippen molar-refractivity contribution in [1.82, 2.24) is 9.88 Å². The number of hydrogen-bond donors (Lipinski definition) is 2. The largest absolute Gasteiger partial charge is 0.388 e. The Balaban J connectivity index is 1.81. The SMILES string of the molecule is COCCn1cc(C(=O)NCC2(O)CCCC(F)(F)C2)c2c(Cl)cccc21. The third kappa shape index (κ3) is 4.42. The summed E-state index contributed by atoms with van der Waals surface area (Å²) in [6.45, 7) is 0.777. The Morgan fingerprint density at radius 3 is 2.89 bits per heavy atom. The second-order valence-electron chi connectivity index (χ2n) is 7.16. The van der Waals surface area contributed by atoms with Crippen LogP contribution in [-0.4, -0.2) is 47.4 Å². The van der Waals surface area contributed by atoms with E-state index in [2.05, 4.69) is 5.32 Å². The second kappa shape index (κ2) is 7.73. The summed E-state index contributed by atoms with van der Waals surface area (Å²) in [7, 11) is 1.59. The van der Waals surface area contributed by atoms with E-state index in [0.717, 1.165) is 5.52 Å². The van der Waals surface area contributed by atoms with Gasteiger partial charge in [0.2, 0.25) is 0 Å². The molecule has 0 spiro atoms. The first-order valence-corrected chi connectivity index (χ1v) is 9.27. The molecule has 1 amide bonds. The number of benzene rings is 1. The third-order valence-corrected chi connectivity index (χ3v) is 5.30. The van der Waals surface area contributed by atoms with Gasteiger partial charge >= 0.3 is 0 Å². The van der Waals surface area contributed by atoms with E-state index < -0.39 is 23.9 Å². The molecule has 0 saturated heterocycles. The number of carbonyl (C=O) groups is 1. The molecule has 148 valence electrons. The van der Waals surface area contributed by atoms with Crippen LogP contribution in [0.15, 0.2) is 24.4 Å². The van der Waals surface area contributed by atoms with Crippen LogP contribution in [0.4, 0.5) is 8.78 Å². The maximum Gasteiger partial charge on any atom is 0.253 e. The number of fused-ring (bicyclic) bond motifs is 1. The molecule has 1 unspecified atom stereocenters. The summed E-state index contributed by atoms with van der Waals surface area (Å²) in [5, 5.41) is 14.1. The van der Waals surface area contributed by atoms with Crippen LogP contribution < -0.4 is 5.32 Å². The molecule has 1 fully saturated rings. The highest BCUT2D eigenvalue weighted by Crippen LogP contribution is 2.39. The summed E-state index contributed by atoms with van der Waals surface area (Å²) in [5.74, 6) is -3.36. The van der Waals surface area contributed by atoms with Crippen LogP contribution in [-0.2, 0) is 11.3 Å². The molecule has 0 radical (unpaired) electrons. The molecule has 1 aromatic heterocycles. The summed E-state index contributed by atoms with van der Waals surface area (Å²) in [4.78, 5) is 12.7. The number of amides is 1. The molecule has 8 heteroatoms. The van der Waals surface area contributed by atoms with E-state index in [0.29, 0.717) is 29.1 Å². The molecule has 1 aliphatic rings. The number of halogens is 3. The van der Waals surface area contributed by atoms with Gasteiger partial charge in [-0.2, -0.15) is 0 Å². The Morgan fingerprint density at radius 1 is 1.41 bits per heavy atom. The lowest BCUT2D eigenvalue weighted by Gasteiger charge is -2.36. The average molecular weight is 401 g/mol. The maximum atomic E-state index is 13.6. The number of alkyl halides is 2. The van der Waals surface area contributed by atoms with Gasteiger partial charge in [0.05, 0.1) is 28.3 Å². The molecule has 1 atom stereocenters. The fourth-order valence-electron chi connectivity index (χ4n) is 3.68. The Kier molecular flexibility index (Phi) is 5.74. The van der Waals surface area contributed by atoms with E-state index in [1.54, 1.807) is 25.4 Å². The quantitative estimate of drug-likeness (QED) is 0.778. The first-order valence-electron chi connectivity index (χ1n) is 8.89. The zero-order valence-corrected chi connectivity index (χ0v) is 15.9. The summed E-state index contributed by atoms with van der Waals surface area (Å²) >= 11 is 6.29. The van der Waals surface area contributed by atoms with Crippen LogP contribution in [0.1, 0.15) is 36.0 Å². The minimum absolute atomic E-state index is 0.224. The lowest BCUT2D eigenvalue weighted by atomic mass is 9.82. The number of nitrogens with zero attached hydrogens (tertiary/aromatic N) is 1. The van der Waals surface area contributed by atoms with Gasteiger partial charge in [0, 0.05) is 44.6 Å². The normalized spacial score (nSPS) is 22.1. The van der Waals surface area contributed by atoms with Gasteiger partial charge in [-0.1, -0.05) is 17.7 Å². The predicted octanol–water partition coefficient (Wildman–Crippen LogP) is 3.61. The van der Waals surface area contributed by atoms with Crippen molar-refractivity contribution in [3.63, 3.8) is 0 Å². The van der Waals surface area contributed by atoms with Crippen LogP contribution in [0.5, 0.6) is 0 Å². The van der Waals surface area contributed by atoms with Gasteiger partial charge in [0.1, 0.15) is 0 Å². The molecule has 2 aromatic rings. The van der Waals surface area contributed by atoms with Crippen molar-refractivity contribution >= 4 is 28.4 Å². The molecular weight excluding hydrogens is 378 g/mol. The molecule has 0 bridgehead atoms. The van der Waals surface area contributed by atoms with Crippen molar-refractivity contribution in [3.8, 4) is 0 Å². The van der Waals surface area contributed by atoms with E-state index in [-0.39, 0.29) is 25.8 Å². The van der Waals surface area contributed by atoms with Crippen molar-refractivity contribution in [1.29, 1.82) is 0 Å².